The molecule has 0 aromatic carbocycles. The Morgan fingerprint density at radius 3 is 2.67 bits per heavy atom. The van der Waals surface area contributed by atoms with Gasteiger partial charge in [0.1, 0.15) is 0 Å². The third-order valence-electron chi connectivity index (χ3n) is 1.88. The van der Waals surface area contributed by atoms with Gasteiger partial charge in [0.2, 0.25) is 5.91 Å². The molecule has 1 amide bonds. The summed E-state index contributed by atoms with van der Waals surface area (Å²) >= 11 is 0. The highest BCUT2D eigenvalue weighted by molar-refractivity contribution is 5.86. The Kier molecular flexibility index (Phi) is 7.35. The van der Waals surface area contributed by atoms with Crippen LogP contribution < -0.4 is 5.73 Å². The van der Waals surface area contributed by atoms with Gasteiger partial charge in [-0.05, 0) is 13.8 Å². The Labute approximate surface area is 89.7 Å². The van der Waals surface area contributed by atoms with E-state index in [0.29, 0.717) is 26.2 Å². The number of rotatable bonds is 7. The molecule has 0 saturated heterocycles. The highest BCUT2D eigenvalue weighted by Gasteiger charge is 2.12. The van der Waals surface area contributed by atoms with Gasteiger partial charge in [-0.1, -0.05) is 5.16 Å². The van der Waals surface area contributed by atoms with E-state index in [0.717, 1.165) is 0 Å². The van der Waals surface area contributed by atoms with E-state index in [-0.39, 0.29) is 18.3 Å². The van der Waals surface area contributed by atoms with Gasteiger partial charge in [0.05, 0.1) is 19.6 Å². The van der Waals surface area contributed by atoms with Crippen molar-refractivity contribution in [1.29, 1.82) is 0 Å². The first-order valence-electron chi connectivity index (χ1n) is 4.97. The molecule has 88 valence electrons. The van der Waals surface area contributed by atoms with Gasteiger partial charge in [0.25, 0.3) is 0 Å². The van der Waals surface area contributed by atoms with Crippen LogP contribution >= 0.6 is 0 Å². The minimum Gasteiger partial charge on any atom is -0.409 e. The summed E-state index contributed by atoms with van der Waals surface area (Å²) in [5.74, 6) is -0.0286. The monoisotopic (exact) mass is 217 g/mol. The largest absolute Gasteiger partial charge is 0.409 e. The second kappa shape index (κ2) is 8.05. The van der Waals surface area contributed by atoms with Crippen LogP contribution in [0.2, 0.25) is 0 Å². The third kappa shape index (κ3) is 5.90. The number of amidine groups is 1. The summed E-state index contributed by atoms with van der Waals surface area (Å²) in [5.41, 5.74) is 5.32. The van der Waals surface area contributed by atoms with E-state index in [9.17, 15) is 4.79 Å². The fourth-order valence-electron chi connectivity index (χ4n) is 1.07. The molecule has 0 unspecified atom stereocenters. The molecule has 0 heterocycles. The molecule has 0 aliphatic rings. The Bertz CT molecular complexity index is 219. The molecule has 3 N–H and O–H groups in total. The lowest BCUT2D eigenvalue weighted by molar-refractivity contribution is -0.131. The number of nitrogens with zero attached hydrogens (tertiary/aromatic N) is 2. The Hall–Kier alpha value is -1.30. The van der Waals surface area contributed by atoms with Crippen LogP contribution in [-0.2, 0) is 9.53 Å². The molecule has 0 atom stereocenters. The molecule has 0 bridgehead atoms. The van der Waals surface area contributed by atoms with Gasteiger partial charge < -0.3 is 20.6 Å². The van der Waals surface area contributed by atoms with Crippen molar-refractivity contribution >= 4 is 11.7 Å². The van der Waals surface area contributed by atoms with E-state index >= 15 is 0 Å². The zero-order valence-corrected chi connectivity index (χ0v) is 9.27. The number of hydrogen-bond acceptors (Lipinski definition) is 4. The SMILES string of the molecule is CCOCCC(=O)N(CC)CC(N)=NO. The highest BCUT2D eigenvalue weighted by Crippen LogP contribution is 1.95. The van der Waals surface area contributed by atoms with Crippen LogP contribution in [0.15, 0.2) is 5.16 Å². The average molecular weight is 217 g/mol. The lowest BCUT2D eigenvalue weighted by Gasteiger charge is -2.19. The summed E-state index contributed by atoms with van der Waals surface area (Å²) in [6, 6.07) is 0. The molecule has 0 saturated carbocycles. The average Bonchev–Trinajstić information content (AvgIpc) is 2.25. The highest BCUT2D eigenvalue weighted by atomic mass is 16.5. The van der Waals surface area contributed by atoms with Gasteiger partial charge in [-0.3, -0.25) is 4.79 Å². The number of nitrogens with two attached hydrogens (primary N) is 1. The minimum absolute atomic E-state index is 0.0293. The maximum Gasteiger partial charge on any atom is 0.225 e. The lowest BCUT2D eigenvalue weighted by Crippen LogP contribution is -2.38. The summed E-state index contributed by atoms with van der Waals surface area (Å²) < 4.78 is 5.07. The Balaban J connectivity index is 3.99. The maximum atomic E-state index is 11.6. The summed E-state index contributed by atoms with van der Waals surface area (Å²) in [4.78, 5) is 13.1. The van der Waals surface area contributed by atoms with Gasteiger partial charge in [-0.15, -0.1) is 0 Å². The lowest BCUT2D eigenvalue weighted by atomic mass is 10.3. The van der Waals surface area contributed by atoms with Crippen molar-refractivity contribution in [3.63, 3.8) is 0 Å². The Morgan fingerprint density at radius 2 is 2.20 bits per heavy atom. The number of ether oxygens (including phenoxy) is 1. The molecule has 0 radical (unpaired) electrons. The maximum absolute atomic E-state index is 11.6. The zero-order valence-electron chi connectivity index (χ0n) is 9.27. The fraction of sp³-hybridized carbons (Fsp3) is 0.778. The number of oxime groups is 1. The van der Waals surface area contributed by atoms with Crippen molar-refractivity contribution < 1.29 is 14.7 Å². The van der Waals surface area contributed by atoms with Crippen molar-refractivity contribution in [2.24, 2.45) is 10.9 Å². The fourth-order valence-corrected chi connectivity index (χ4v) is 1.07. The molecule has 0 aliphatic carbocycles. The van der Waals surface area contributed by atoms with Crippen LogP contribution in [0.4, 0.5) is 0 Å². The van der Waals surface area contributed by atoms with Gasteiger partial charge in [-0.25, -0.2) is 0 Å². The molecule has 0 aliphatic heterocycles. The standard InChI is InChI=1S/C9H19N3O3/c1-3-12(7-8(10)11-14)9(13)5-6-15-4-2/h14H,3-7H2,1-2H3,(H2,10,11). The van der Waals surface area contributed by atoms with Crippen LogP contribution in [0.3, 0.4) is 0 Å². The second-order valence-corrected chi connectivity index (χ2v) is 2.95. The quantitative estimate of drug-likeness (QED) is 0.207. The van der Waals surface area contributed by atoms with Crippen molar-refractivity contribution in [3.05, 3.63) is 0 Å². The van der Waals surface area contributed by atoms with E-state index in [1.807, 2.05) is 13.8 Å². The summed E-state index contributed by atoms with van der Waals surface area (Å²) in [6.45, 7) is 5.39. The summed E-state index contributed by atoms with van der Waals surface area (Å²) in [7, 11) is 0. The number of likely N-dealkylation sites (N-methyl/N-ethyl adjacent to an activating group) is 1. The topological polar surface area (TPSA) is 88.2 Å². The predicted molar refractivity (Wildman–Crippen MR) is 56.8 cm³/mol. The van der Waals surface area contributed by atoms with Crippen molar-refractivity contribution in [3.8, 4) is 0 Å². The van der Waals surface area contributed by atoms with Gasteiger partial charge in [0, 0.05) is 13.2 Å². The van der Waals surface area contributed by atoms with E-state index in [2.05, 4.69) is 5.16 Å². The normalized spacial score (nSPS) is 11.5. The third-order valence-corrected chi connectivity index (χ3v) is 1.88. The number of carbonyl (C=O) groups is 1. The first-order valence-corrected chi connectivity index (χ1v) is 4.97. The van der Waals surface area contributed by atoms with Crippen LogP contribution in [-0.4, -0.2) is 48.2 Å². The molecule has 15 heavy (non-hydrogen) atoms. The van der Waals surface area contributed by atoms with Gasteiger partial charge in [-0.2, -0.15) is 0 Å². The van der Waals surface area contributed by atoms with Crippen molar-refractivity contribution in [2.75, 3.05) is 26.3 Å². The molecule has 0 fully saturated rings. The summed E-state index contributed by atoms with van der Waals surface area (Å²) in [6.07, 6.45) is 0.320. The number of hydrogen-bond donors (Lipinski definition) is 2. The molecule has 6 nitrogen and oxygen atoms in total. The van der Waals surface area contributed by atoms with Crippen LogP contribution in [0.5, 0.6) is 0 Å². The van der Waals surface area contributed by atoms with Crippen molar-refractivity contribution in [2.45, 2.75) is 20.3 Å². The Morgan fingerprint density at radius 1 is 1.53 bits per heavy atom. The minimum atomic E-state index is -0.0578. The molecule has 0 aromatic heterocycles. The number of amides is 1. The van der Waals surface area contributed by atoms with Crippen molar-refractivity contribution in [1.82, 2.24) is 4.90 Å². The first-order chi connectivity index (χ1) is 7.15. The van der Waals surface area contributed by atoms with E-state index in [1.54, 1.807) is 0 Å². The van der Waals surface area contributed by atoms with Gasteiger partial charge in [0.15, 0.2) is 5.84 Å². The number of carbonyl (C=O) groups excluding carboxylic acids is 1. The summed E-state index contributed by atoms with van der Waals surface area (Å²) in [5, 5.41) is 11.2. The smallest absolute Gasteiger partial charge is 0.225 e. The molecule has 0 rings (SSSR count). The molecular weight excluding hydrogens is 198 g/mol. The zero-order chi connectivity index (χ0) is 11.7. The van der Waals surface area contributed by atoms with E-state index < -0.39 is 0 Å². The molecule has 0 spiro atoms. The predicted octanol–water partition coefficient (Wildman–Crippen LogP) is 0.00790. The van der Waals surface area contributed by atoms with Crippen LogP contribution in [0, 0.1) is 0 Å². The van der Waals surface area contributed by atoms with E-state index in [4.69, 9.17) is 15.7 Å². The molecule has 6 heteroatoms. The molecular formula is C9H19N3O3. The first kappa shape index (κ1) is 13.7. The van der Waals surface area contributed by atoms with Crippen LogP contribution in [0.1, 0.15) is 20.3 Å². The second-order valence-electron chi connectivity index (χ2n) is 2.95. The molecule has 0 aromatic rings. The van der Waals surface area contributed by atoms with Crippen LogP contribution in [0.25, 0.3) is 0 Å². The van der Waals surface area contributed by atoms with Gasteiger partial charge >= 0.3 is 0 Å². The van der Waals surface area contributed by atoms with E-state index in [1.165, 1.54) is 4.90 Å².